The van der Waals surface area contributed by atoms with Crippen LogP contribution in [-0.4, -0.2) is 12.1 Å². The third kappa shape index (κ3) is 2.66. The van der Waals surface area contributed by atoms with Gasteiger partial charge < -0.3 is 10.6 Å². The molecule has 1 aliphatic heterocycles. The van der Waals surface area contributed by atoms with Crippen molar-refractivity contribution in [2.24, 2.45) is 5.73 Å². The van der Waals surface area contributed by atoms with Crippen LogP contribution in [0.5, 0.6) is 0 Å². The average Bonchev–Trinajstić information content (AvgIpc) is 2.69. The molecule has 0 radical (unpaired) electrons. The molecule has 2 nitrogen and oxygen atoms in total. The van der Waals surface area contributed by atoms with Crippen molar-refractivity contribution in [1.29, 1.82) is 0 Å². The summed E-state index contributed by atoms with van der Waals surface area (Å²) >= 11 is 3.58. The lowest BCUT2D eigenvalue weighted by Crippen LogP contribution is -2.34. The van der Waals surface area contributed by atoms with Crippen molar-refractivity contribution in [3.63, 3.8) is 0 Å². The zero-order valence-electron chi connectivity index (χ0n) is 10.6. The molecule has 94 valence electrons. The first-order valence-corrected chi connectivity index (χ1v) is 7.23. The monoisotopic (exact) mass is 296 g/mol. The van der Waals surface area contributed by atoms with Gasteiger partial charge in [0, 0.05) is 28.8 Å². The molecule has 1 aromatic carbocycles. The zero-order chi connectivity index (χ0) is 12.4. The number of hydrogen-bond acceptors (Lipinski definition) is 2. The molecule has 2 rings (SSSR count). The fourth-order valence-electron chi connectivity index (χ4n) is 2.84. The molecule has 1 aromatic rings. The number of anilines is 1. The quantitative estimate of drug-likeness (QED) is 0.922. The molecule has 0 saturated carbocycles. The van der Waals surface area contributed by atoms with Gasteiger partial charge in [0.2, 0.25) is 0 Å². The standard InChI is InChI=1S/C14H21BrN2/c1-3-13-5-4-10(2)17(13)14-7-11(9-16)6-12(15)8-14/h6-8,10,13H,3-5,9,16H2,1-2H3. The first-order chi connectivity index (χ1) is 8.15. The summed E-state index contributed by atoms with van der Waals surface area (Å²) in [6.45, 7) is 5.20. The maximum atomic E-state index is 5.75. The van der Waals surface area contributed by atoms with Crippen molar-refractivity contribution in [1.82, 2.24) is 0 Å². The van der Waals surface area contributed by atoms with Crippen LogP contribution in [0.15, 0.2) is 22.7 Å². The lowest BCUT2D eigenvalue weighted by molar-refractivity contribution is 0.627. The maximum Gasteiger partial charge on any atom is 0.0385 e. The summed E-state index contributed by atoms with van der Waals surface area (Å²) < 4.78 is 1.13. The maximum absolute atomic E-state index is 5.75. The Morgan fingerprint density at radius 1 is 1.35 bits per heavy atom. The Labute approximate surface area is 112 Å². The van der Waals surface area contributed by atoms with Gasteiger partial charge in [-0.15, -0.1) is 0 Å². The molecule has 1 aliphatic rings. The van der Waals surface area contributed by atoms with Gasteiger partial charge in [0.1, 0.15) is 0 Å². The lowest BCUT2D eigenvalue weighted by Gasteiger charge is -2.31. The van der Waals surface area contributed by atoms with Gasteiger partial charge in [-0.05, 0) is 49.9 Å². The summed E-state index contributed by atoms with van der Waals surface area (Å²) in [6, 6.07) is 7.87. The second-order valence-corrected chi connectivity index (χ2v) is 5.83. The molecule has 0 amide bonds. The van der Waals surface area contributed by atoms with Gasteiger partial charge >= 0.3 is 0 Å². The van der Waals surface area contributed by atoms with Gasteiger partial charge in [-0.3, -0.25) is 0 Å². The summed E-state index contributed by atoms with van der Waals surface area (Å²) in [6.07, 6.45) is 3.82. The minimum Gasteiger partial charge on any atom is -0.366 e. The van der Waals surface area contributed by atoms with Crippen LogP contribution in [0.4, 0.5) is 5.69 Å². The Bertz CT molecular complexity index is 392. The predicted molar refractivity (Wildman–Crippen MR) is 77.3 cm³/mol. The smallest absolute Gasteiger partial charge is 0.0385 e. The van der Waals surface area contributed by atoms with Crippen LogP contribution >= 0.6 is 15.9 Å². The predicted octanol–water partition coefficient (Wildman–Crippen LogP) is 3.68. The van der Waals surface area contributed by atoms with Gasteiger partial charge in [0.25, 0.3) is 0 Å². The van der Waals surface area contributed by atoms with Gasteiger partial charge in [0.05, 0.1) is 0 Å². The SMILES string of the molecule is CCC1CCC(C)N1c1cc(Br)cc(CN)c1. The second kappa shape index (κ2) is 5.40. The van der Waals surface area contributed by atoms with Crippen LogP contribution in [0.25, 0.3) is 0 Å². The summed E-state index contributed by atoms with van der Waals surface area (Å²) in [5, 5.41) is 0. The highest BCUT2D eigenvalue weighted by Crippen LogP contribution is 2.34. The Morgan fingerprint density at radius 3 is 2.76 bits per heavy atom. The van der Waals surface area contributed by atoms with E-state index in [1.165, 1.54) is 30.5 Å². The van der Waals surface area contributed by atoms with Gasteiger partial charge in [-0.1, -0.05) is 22.9 Å². The molecular weight excluding hydrogens is 276 g/mol. The van der Waals surface area contributed by atoms with Crippen molar-refractivity contribution >= 4 is 21.6 Å². The Balaban J connectivity index is 2.34. The first kappa shape index (κ1) is 12.9. The van der Waals surface area contributed by atoms with Gasteiger partial charge in [0.15, 0.2) is 0 Å². The topological polar surface area (TPSA) is 29.3 Å². The number of halogens is 1. The van der Waals surface area contributed by atoms with E-state index in [2.05, 4.69) is 52.9 Å². The summed E-state index contributed by atoms with van der Waals surface area (Å²) in [5.41, 5.74) is 8.26. The molecule has 1 fully saturated rings. The van der Waals surface area contributed by atoms with E-state index in [-0.39, 0.29) is 0 Å². The first-order valence-electron chi connectivity index (χ1n) is 6.43. The van der Waals surface area contributed by atoms with E-state index in [1.54, 1.807) is 0 Å². The van der Waals surface area contributed by atoms with E-state index in [1.807, 2.05) is 0 Å². The fraction of sp³-hybridized carbons (Fsp3) is 0.571. The second-order valence-electron chi connectivity index (χ2n) is 4.92. The summed E-state index contributed by atoms with van der Waals surface area (Å²) in [7, 11) is 0. The molecule has 3 heteroatoms. The molecule has 2 N–H and O–H groups in total. The van der Waals surface area contributed by atoms with Crippen molar-refractivity contribution in [2.45, 2.75) is 51.7 Å². The zero-order valence-corrected chi connectivity index (χ0v) is 12.2. The highest BCUT2D eigenvalue weighted by Gasteiger charge is 2.29. The van der Waals surface area contributed by atoms with E-state index in [9.17, 15) is 0 Å². The van der Waals surface area contributed by atoms with Crippen molar-refractivity contribution < 1.29 is 0 Å². The minimum atomic E-state index is 0.603. The fourth-order valence-corrected chi connectivity index (χ4v) is 3.37. The van der Waals surface area contributed by atoms with Crippen LogP contribution in [0.1, 0.15) is 38.7 Å². The van der Waals surface area contributed by atoms with E-state index in [4.69, 9.17) is 5.73 Å². The number of hydrogen-bond donors (Lipinski definition) is 1. The number of nitrogens with two attached hydrogens (primary N) is 1. The Hall–Kier alpha value is -0.540. The van der Waals surface area contributed by atoms with Gasteiger partial charge in [-0.25, -0.2) is 0 Å². The van der Waals surface area contributed by atoms with E-state index < -0.39 is 0 Å². The van der Waals surface area contributed by atoms with Crippen molar-refractivity contribution in [3.8, 4) is 0 Å². The van der Waals surface area contributed by atoms with Crippen LogP contribution in [0.3, 0.4) is 0 Å². The number of nitrogens with zero attached hydrogens (tertiary/aromatic N) is 1. The molecule has 0 aliphatic carbocycles. The third-order valence-corrected chi connectivity index (χ3v) is 4.19. The molecule has 2 atom stereocenters. The average molecular weight is 297 g/mol. The highest BCUT2D eigenvalue weighted by molar-refractivity contribution is 9.10. The van der Waals surface area contributed by atoms with Crippen LogP contribution in [-0.2, 0) is 6.54 Å². The van der Waals surface area contributed by atoms with E-state index in [0.29, 0.717) is 18.6 Å². The minimum absolute atomic E-state index is 0.603. The van der Waals surface area contributed by atoms with Gasteiger partial charge in [-0.2, -0.15) is 0 Å². The van der Waals surface area contributed by atoms with E-state index >= 15 is 0 Å². The molecule has 1 saturated heterocycles. The third-order valence-electron chi connectivity index (χ3n) is 3.73. The summed E-state index contributed by atoms with van der Waals surface area (Å²) in [5.74, 6) is 0. The lowest BCUT2D eigenvalue weighted by atomic mass is 10.1. The highest BCUT2D eigenvalue weighted by atomic mass is 79.9. The Kier molecular flexibility index (Phi) is 4.10. The van der Waals surface area contributed by atoms with Crippen LogP contribution in [0.2, 0.25) is 0 Å². The molecular formula is C14H21BrN2. The van der Waals surface area contributed by atoms with Crippen LogP contribution < -0.4 is 10.6 Å². The molecule has 17 heavy (non-hydrogen) atoms. The van der Waals surface area contributed by atoms with Crippen molar-refractivity contribution in [2.75, 3.05) is 4.90 Å². The molecule has 1 heterocycles. The Morgan fingerprint density at radius 2 is 2.12 bits per heavy atom. The summed E-state index contributed by atoms with van der Waals surface area (Å²) in [4.78, 5) is 2.56. The van der Waals surface area contributed by atoms with Crippen molar-refractivity contribution in [3.05, 3.63) is 28.2 Å². The largest absolute Gasteiger partial charge is 0.366 e. The molecule has 0 bridgehead atoms. The number of rotatable bonds is 3. The van der Waals surface area contributed by atoms with Crippen LogP contribution in [0, 0.1) is 0 Å². The molecule has 0 spiro atoms. The van der Waals surface area contributed by atoms with E-state index in [0.717, 1.165) is 4.47 Å². The normalized spacial score (nSPS) is 24.4. The molecule has 0 aromatic heterocycles. The molecule has 2 unspecified atom stereocenters. The number of benzene rings is 1.